The van der Waals surface area contributed by atoms with E-state index < -0.39 is 0 Å². The number of rotatable bonds is 6. The van der Waals surface area contributed by atoms with Crippen LogP contribution in [0.1, 0.15) is 68.2 Å². The average molecular weight is 348 g/mol. The summed E-state index contributed by atoms with van der Waals surface area (Å²) in [6.07, 6.45) is 2.15. The van der Waals surface area contributed by atoms with E-state index in [2.05, 4.69) is 48.5 Å². The van der Waals surface area contributed by atoms with Crippen molar-refractivity contribution in [2.24, 2.45) is 5.92 Å². The van der Waals surface area contributed by atoms with E-state index in [1.54, 1.807) is 0 Å². The van der Waals surface area contributed by atoms with Crippen LogP contribution in [0.5, 0.6) is 0 Å². The molecule has 0 amide bonds. The molecule has 140 valence electrons. The highest BCUT2D eigenvalue weighted by Crippen LogP contribution is 2.47. The minimum absolute atomic E-state index is 0.134. The smallest absolute Gasteiger partial charge is 0.458 e. The lowest BCUT2D eigenvalue weighted by Gasteiger charge is -2.35. The minimum Gasteiger partial charge on any atom is -0.466 e. The Bertz CT molecular complexity index is 581. The maximum Gasteiger partial charge on any atom is 0.458 e. The predicted octanol–water partition coefficient (Wildman–Crippen LogP) is 4.70. The summed E-state index contributed by atoms with van der Waals surface area (Å²) >= 11 is 0. The van der Waals surface area contributed by atoms with Crippen molar-refractivity contribution >= 4 is 13.1 Å². The molecule has 1 heterocycles. The lowest BCUT2D eigenvalue weighted by molar-refractivity contribution is -0.142. The van der Waals surface area contributed by atoms with Crippen LogP contribution in [0.25, 0.3) is 0 Å². The van der Waals surface area contributed by atoms with Crippen molar-refractivity contribution in [3.8, 4) is 0 Å². The van der Waals surface area contributed by atoms with Gasteiger partial charge in [-0.2, -0.15) is 0 Å². The third kappa shape index (κ3) is 4.20. The minimum atomic E-state index is -0.301. The van der Waals surface area contributed by atoms with Crippen LogP contribution in [0.2, 0.25) is 6.32 Å². The van der Waals surface area contributed by atoms with Crippen molar-refractivity contribution in [3.05, 3.63) is 22.3 Å². The molecule has 1 aliphatic carbocycles. The van der Waals surface area contributed by atoms with Crippen molar-refractivity contribution in [1.82, 2.24) is 0 Å². The first kappa shape index (κ1) is 20.2. The van der Waals surface area contributed by atoms with Crippen molar-refractivity contribution in [2.45, 2.75) is 85.8 Å². The summed E-state index contributed by atoms with van der Waals surface area (Å²) in [6, 6.07) is 0. The van der Waals surface area contributed by atoms with Gasteiger partial charge in [-0.3, -0.25) is 4.79 Å². The largest absolute Gasteiger partial charge is 0.466 e. The molecule has 5 heteroatoms. The quantitative estimate of drug-likeness (QED) is 0.515. The van der Waals surface area contributed by atoms with Gasteiger partial charge in [0.05, 0.1) is 24.2 Å². The molecule has 0 aromatic carbocycles. The van der Waals surface area contributed by atoms with Gasteiger partial charge >= 0.3 is 13.1 Å². The van der Waals surface area contributed by atoms with Crippen LogP contribution < -0.4 is 0 Å². The molecule has 1 aliphatic heterocycles. The Labute approximate surface area is 153 Å². The Hall–Kier alpha value is -1.07. The molecule has 25 heavy (non-hydrogen) atoms. The zero-order chi connectivity index (χ0) is 19.0. The Morgan fingerprint density at radius 2 is 1.72 bits per heavy atom. The zero-order valence-corrected chi connectivity index (χ0v) is 17.1. The second-order valence-corrected chi connectivity index (χ2v) is 8.45. The molecule has 1 unspecified atom stereocenters. The van der Waals surface area contributed by atoms with E-state index in [-0.39, 0.29) is 24.3 Å². The maximum atomic E-state index is 11.9. The molecule has 2 rings (SSSR count). The van der Waals surface area contributed by atoms with E-state index >= 15 is 0 Å². The van der Waals surface area contributed by atoms with Gasteiger partial charge in [0.1, 0.15) is 0 Å². The fourth-order valence-corrected chi connectivity index (χ4v) is 3.56. The van der Waals surface area contributed by atoms with Crippen molar-refractivity contribution in [3.63, 3.8) is 0 Å². The van der Waals surface area contributed by atoms with Crippen LogP contribution in [0.4, 0.5) is 0 Å². The van der Waals surface area contributed by atoms with Crippen LogP contribution in [0, 0.1) is 5.92 Å². The van der Waals surface area contributed by atoms with E-state index in [0.29, 0.717) is 18.9 Å². The first-order chi connectivity index (χ1) is 11.5. The molecule has 0 aromatic rings. The van der Waals surface area contributed by atoms with Crippen LogP contribution in [-0.2, 0) is 18.8 Å². The second-order valence-electron chi connectivity index (χ2n) is 8.45. The topological polar surface area (TPSA) is 44.8 Å². The Kier molecular flexibility index (Phi) is 5.90. The molecule has 4 nitrogen and oxygen atoms in total. The third-order valence-corrected chi connectivity index (χ3v) is 5.88. The highest BCUT2D eigenvalue weighted by Gasteiger charge is 2.52. The van der Waals surface area contributed by atoms with Crippen LogP contribution >= 0.6 is 0 Å². The summed E-state index contributed by atoms with van der Waals surface area (Å²) in [5, 5.41) is 0. The van der Waals surface area contributed by atoms with Crippen molar-refractivity contribution in [1.29, 1.82) is 0 Å². The molecule has 0 radical (unpaired) electrons. The van der Waals surface area contributed by atoms with E-state index in [0.717, 1.165) is 12.7 Å². The number of allylic oxidation sites excluding steroid dienone is 3. The summed E-state index contributed by atoms with van der Waals surface area (Å²) in [5.74, 6) is 0.250. The number of carbonyl (C=O) groups is 1. The van der Waals surface area contributed by atoms with Crippen LogP contribution in [0.3, 0.4) is 0 Å². The highest BCUT2D eigenvalue weighted by atomic mass is 16.7. The van der Waals surface area contributed by atoms with Gasteiger partial charge in [-0.1, -0.05) is 11.1 Å². The fraction of sp³-hybridized carbons (Fsp3) is 0.750. The molecule has 2 aliphatic rings. The summed E-state index contributed by atoms with van der Waals surface area (Å²) in [6.45, 7) is 17.0. The molecule has 1 fully saturated rings. The van der Waals surface area contributed by atoms with Gasteiger partial charge in [0, 0.05) is 0 Å². The van der Waals surface area contributed by atoms with Gasteiger partial charge in [0.2, 0.25) is 0 Å². The van der Waals surface area contributed by atoms with Gasteiger partial charge in [-0.15, -0.1) is 0 Å². The molecular formula is C20H33BO4. The Morgan fingerprint density at radius 1 is 1.16 bits per heavy atom. The highest BCUT2D eigenvalue weighted by molar-refractivity contribution is 6.45. The molecular weight excluding hydrogens is 315 g/mol. The Morgan fingerprint density at radius 3 is 2.20 bits per heavy atom. The summed E-state index contributed by atoms with van der Waals surface area (Å²) < 4.78 is 17.4. The summed E-state index contributed by atoms with van der Waals surface area (Å²) in [4.78, 5) is 11.9. The zero-order valence-electron chi connectivity index (χ0n) is 17.1. The number of carbonyl (C=O) groups excluding carboxylic acids is 1. The normalized spacial score (nSPS) is 24.2. The molecule has 0 aromatic heterocycles. The summed E-state index contributed by atoms with van der Waals surface area (Å²) in [7, 11) is -0.195. The molecule has 0 saturated carbocycles. The van der Waals surface area contributed by atoms with Gasteiger partial charge in [-0.25, -0.2) is 0 Å². The second kappa shape index (κ2) is 7.28. The number of esters is 1. The lowest BCUT2D eigenvalue weighted by atomic mass is 9.63. The maximum absolute atomic E-state index is 11.9. The van der Waals surface area contributed by atoms with Gasteiger partial charge in [0.15, 0.2) is 0 Å². The van der Waals surface area contributed by atoms with E-state index in [1.165, 1.54) is 22.3 Å². The molecule has 1 atom stereocenters. The predicted molar refractivity (Wildman–Crippen MR) is 101 cm³/mol. The first-order valence-corrected chi connectivity index (χ1v) is 9.36. The summed E-state index contributed by atoms with van der Waals surface area (Å²) in [5.41, 5.74) is 4.48. The number of hydrogen-bond acceptors (Lipinski definition) is 4. The fourth-order valence-electron chi connectivity index (χ4n) is 3.56. The van der Waals surface area contributed by atoms with Gasteiger partial charge in [-0.05, 0) is 85.2 Å². The molecule has 0 spiro atoms. The first-order valence-electron chi connectivity index (χ1n) is 9.36. The third-order valence-electron chi connectivity index (χ3n) is 5.88. The Balaban J connectivity index is 2.13. The van der Waals surface area contributed by atoms with E-state index in [4.69, 9.17) is 14.0 Å². The SMILES string of the molecule is CCOC(=O)CC1=C(C(C)=C(C)C)C(CB2OC(C)(C)C(C)(C)O2)C1. The monoisotopic (exact) mass is 348 g/mol. The van der Waals surface area contributed by atoms with Crippen LogP contribution in [0.15, 0.2) is 22.3 Å². The van der Waals surface area contributed by atoms with Gasteiger partial charge < -0.3 is 14.0 Å². The van der Waals surface area contributed by atoms with Gasteiger partial charge in [0.25, 0.3) is 0 Å². The van der Waals surface area contributed by atoms with Crippen molar-refractivity contribution in [2.75, 3.05) is 6.61 Å². The molecule has 0 bridgehead atoms. The molecule has 1 saturated heterocycles. The van der Waals surface area contributed by atoms with Crippen molar-refractivity contribution < 1.29 is 18.8 Å². The number of ether oxygens (including phenoxy) is 1. The average Bonchev–Trinajstić information content (AvgIpc) is 2.65. The van der Waals surface area contributed by atoms with E-state index in [9.17, 15) is 4.79 Å². The van der Waals surface area contributed by atoms with Crippen LogP contribution in [-0.4, -0.2) is 30.9 Å². The standard InChI is InChI=1S/C20H33BO4/c1-9-23-17(22)11-15-10-16(18(15)14(4)13(2)3)12-21-24-19(5,6)20(7,8)25-21/h16H,9-12H2,1-8H3. The molecule has 0 N–H and O–H groups in total. The lowest BCUT2D eigenvalue weighted by Crippen LogP contribution is -2.41. The number of hydrogen-bond donors (Lipinski definition) is 0. The van der Waals surface area contributed by atoms with E-state index in [1.807, 2.05) is 6.92 Å².